The van der Waals surface area contributed by atoms with Crippen molar-refractivity contribution in [2.45, 2.75) is 32.7 Å². The Balaban J connectivity index is 2.03. The second-order valence-electron chi connectivity index (χ2n) is 5.88. The summed E-state index contributed by atoms with van der Waals surface area (Å²) in [5.41, 5.74) is 1.59. The minimum atomic E-state index is -3.01. The average Bonchev–Trinajstić information content (AvgIpc) is 3.08. The Labute approximate surface area is 148 Å². The van der Waals surface area contributed by atoms with E-state index >= 15 is 0 Å². The predicted molar refractivity (Wildman–Crippen MR) is 89.5 cm³/mol. The third-order valence-corrected chi connectivity index (χ3v) is 3.97. The minimum absolute atomic E-state index is 0.0607. The van der Waals surface area contributed by atoms with Gasteiger partial charge in [0.2, 0.25) is 0 Å². The third-order valence-electron chi connectivity index (χ3n) is 3.97. The summed E-state index contributed by atoms with van der Waals surface area (Å²) in [7, 11) is 0. The molecule has 0 amide bonds. The fourth-order valence-electron chi connectivity index (χ4n) is 2.78. The maximum atomic E-state index is 12.7. The van der Waals surface area contributed by atoms with Gasteiger partial charge in [0, 0.05) is 12.5 Å². The van der Waals surface area contributed by atoms with Gasteiger partial charge in [0.05, 0.1) is 17.1 Å². The van der Waals surface area contributed by atoms with E-state index in [-0.39, 0.29) is 17.2 Å². The lowest BCUT2D eigenvalue weighted by Crippen LogP contribution is -2.15. The molecule has 0 bridgehead atoms. The summed E-state index contributed by atoms with van der Waals surface area (Å²) >= 11 is 0. The number of nitrogens with zero attached hydrogens (tertiary/aromatic N) is 1. The molecule has 1 unspecified atom stereocenters. The van der Waals surface area contributed by atoms with Crippen LogP contribution < -0.4 is 9.47 Å². The van der Waals surface area contributed by atoms with Crippen LogP contribution in [0.3, 0.4) is 0 Å². The number of hydrogen-bond donors (Lipinski definition) is 0. The minimum Gasteiger partial charge on any atom is -0.461 e. The van der Waals surface area contributed by atoms with E-state index in [1.807, 2.05) is 6.92 Å². The van der Waals surface area contributed by atoms with E-state index in [2.05, 4.69) is 4.74 Å². The standard InChI is InChI=1S/C18H17F2NO5/c1-11-4-6-14(21(22)23)13(9-11)12-5-7-15(26-18(19)20)16(10-12)25-17-3-2-8-24-17/h4-7,9-10,17-18H,2-3,8H2,1H3. The molecule has 1 saturated heterocycles. The topological polar surface area (TPSA) is 70.8 Å². The summed E-state index contributed by atoms with van der Waals surface area (Å²) in [4.78, 5) is 10.8. The molecule has 0 aromatic heterocycles. The first-order valence-corrected chi connectivity index (χ1v) is 8.06. The summed E-state index contributed by atoms with van der Waals surface area (Å²) in [5, 5.41) is 11.3. The molecule has 1 heterocycles. The highest BCUT2D eigenvalue weighted by Gasteiger charge is 2.22. The number of alkyl halides is 2. The molecule has 0 radical (unpaired) electrons. The van der Waals surface area contributed by atoms with Crippen LogP contribution in [0.1, 0.15) is 18.4 Å². The lowest BCUT2D eigenvalue weighted by molar-refractivity contribution is -0.384. The van der Waals surface area contributed by atoms with Gasteiger partial charge in [-0.1, -0.05) is 17.7 Å². The van der Waals surface area contributed by atoms with Crippen LogP contribution in [0.5, 0.6) is 11.5 Å². The second kappa shape index (κ2) is 7.65. The van der Waals surface area contributed by atoms with Crippen molar-refractivity contribution in [2.75, 3.05) is 6.61 Å². The van der Waals surface area contributed by atoms with E-state index in [4.69, 9.17) is 9.47 Å². The van der Waals surface area contributed by atoms with Gasteiger partial charge in [-0.15, -0.1) is 0 Å². The molecule has 1 aliphatic rings. The summed E-state index contributed by atoms with van der Waals surface area (Å²) < 4.78 is 40.8. The molecule has 3 rings (SSSR count). The maximum absolute atomic E-state index is 12.7. The molecule has 1 fully saturated rings. The van der Waals surface area contributed by atoms with Crippen LogP contribution >= 0.6 is 0 Å². The van der Waals surface area contributed by atoms with Crippen molar-refractivity contribution in [2.24, 2.45) is 0 Å². The number of ether oxygens (including phenoxy) is 3. The molecule has 6 nitrogen and oxygen atoms in total. The number of nitro benzene ring substituents is 1. The normalized spacial score (nSPS) is 16.7. The van der Waals surface area contributed by atoms with E-state index in [0.717, 1.165) is 12.0 Å². The van der Waals surface area contributed by atoms with Crippen molar-refractivity contribution >= 4 is 5.69 Å². The summed E-state index contributed by atoms with van der Waals surface area (Å²) in [6.07, 6.45) is 0.875. The maximum Gasteiger partial charge on any atom is 0.387 e. The molecule has 0 saturated carbocycles. The molecule has 138 valence electrons. The predicted octanol–water partition coefficient (Wildman–Crippen LogP) is 4.69. The number of halogens is 2. The average molecular weight is 365 g/mol. The number of nitro groups is 1. The van der Waals surface area contributed by atoms with Gasteiger partial charge in [-0.05, 0) is 37.1 Å². The zero-order valence-electron chi connectivity index (χ0n) is 14.0. The van der Waals surface area contributed by atoms with Crippen molar-refractivity contribution in [3.8, 4) is 22.6 Å². The SMILES string of the molecule is Cc1ccc([N+](=O)[O-])c(-c2ccc(OC(F)F)c(OC3CCCO3)c2)c1. The fourth-order valence-corrected chi connectivity index (χ4v) is 2.78. The van der Waals surface area contributed by atoms with Crippen LogP contribution in [0.4, 0.5) is 14.5 Å². The first kappa shape index (κ1) is 18.1. The Bertz CT molecular complexity index is 806. The molecule has 2 aromatic rings. The molecule has 1 aliphatic heterocycles. The van der Waals surface area contributed by atoms with E-state index in [1.54, 1.807) is 12.1 Å². The van der Waals surface area contributed by atoms with Crippen LogP contribution in [-0.4, -0.2) is 24.4 Å². The molecule has 0 N–H and O–H groups in total. The fraction of sp³-hybridized carbons (Fsp3) is 0.333. The quantitative estimate of drug-likeness (QED) is 0.549. The van der Waals surface area contributed by atoms with Crippen molar-refractivity contribution in [3.05, 3.63) is 52.1 Å². The number of hydrogen-bond acceptors (Lipinski definition) is 5. The van der Waals surface area contributed by atoms with Gasteiger partial charge in [0.25, 0.3) is 5.69 Å². The monoisotopic (exact) mass is 365 g/mol. The van der Waals surface area contributed by atoms with E-state index < -0.39 is 17.8 Å². The van der Waals surface area contributed by atoms with Gasteiger partial charge in [-0.25, -0.2) is 0 Å². The van der Waals surface area contributed by atoms with Crippen LogP contribution in [0.15, 0.2) is 36.4 Å². The highest BCUT2D eigenvalue weighted by atomic mass is 19.3. The molecular formula is C18H17F2NO5. The number of benzene rings is 2. The first-order chi connectivity index (χ1) is 12.4. The zero-order chi connectivity index (χ0) is 18.7. The summed E-state index contributed by atoms with van der Waals surface area (Å²) in [6, 6.07) is 8.98. The van der Waals surface area contributed by atoms with E-state index in [1.165, 1.54) is 24.3 Å². The summed E-state index contributed by atoms with van der Waals surface area (Å²) in [5.74, 6) is -0.0833. The van der Waals surface area contributed by atoms with E-state index in [9.17, 15) is 18.9 Å². The molecule has 0 spiro atoms. The van der Waals surface area contributed by atoms with Gasteiger partial charge >= 0.3 is 6.61 Å². The van der Waals surface area contributed by atoms with Crippen molar-refractivity contribution in [1.82, 2.24) is 0 Å². The number of aryl methyl sites for hydroxylation is 1. The van der Waals surface area contributed by atoms with Crippen LogP contribution in [0.2, 0.25) is 0 Å². The molecule has 1 atom stereocenters. The van der Waals surface area contributed by atoms with Gasteiger partial charge in [0.15, 0.2) is 17.8 Å². The smallest absolute Gasteiger partial charge is 0.387 e. The highest BCUT2D eigenvalue weighted by molar-refractivity contribution is 5.76. The van der Waals surface area contributed by atoms with E-state index in [0.29, 0.717) is 24.2 Å². The Morgan fingerprint density at radius 2 is 2.04 bits per heavy atom. The Hall–Kier alpha value is -2.74. The Kier molecular flexibility index (Phi) is 5.32. The first-order valence-electron chi connectivity index (χ1n) is 8.06. The van der Waals surface area contributed by atoms with Crippen LogP contribution in [0.25, 0.3) is 11.1 Å². The zero-order valence-corrected chi connectivity index (χ0v) is 14.0. The molecular weight excluding hydrogens is 348 g/mol. The van der Waals surface area contributed by atoms with Gasteiger partial charge in [-0.2, -0.15) is 8.78 Å². The van der Waals surface area contributed by atoms with Gasteiger partial charge in [-0.3, -0.25) is 10.1 Å². The molecule has 8 heteroatoms. The molecule has 26 heavy (non-hydrogen) atoms. The Morgan fingerprint density at radius 1 is 1.23 bits per heavy atom. The highest BCUT2D eigenvalue weighted by Crippen LogP contribution is 2.38. The lowest BCUT2D eigenvalue weighted by Gasteiger charge is -2.17. The Morgan fingerprint density at radius 3 is 2.69 bits per heavy atom. The van der Waals surface area contributed by atoms with Crippen LogP contribution in [-0.2, 0) is 4.74 Å². The number of rotatable bonds is 6. The summed E-state index contributed by atoms with van der Waals surface area (Å²) in [6.45, 7) is -0.676. The lowest BCUT2D eigenvalue weighted by atomic mass is 10.0. The van der Waals surface area contributed by atoms with Crippen molar-refractivity contribution in [3.63, 3.8) is 0 Å². The largest absolute Gasteiger partial charge is 0.461 e. The molecule has 0 aliphatic carbocycles. The third kappa shape index (κ3) is 4.08. The van der Waals surface area contributed by atoms with Crippen molar-refractivity contribution in [1.29, 1.82) is 0 Å². The van der Waals surface area contributed by atoms with Crippen molar-refractivity contribution < 1.29 is 27.9 Å². The van der Waals surface area contributed by atoms with Gasteiger partial charge < -0.3 is 14.2 Å². The van der Waals surface area contributed by atoms with Crippen LogP contribution in [0, 0.1) is 17.0 Å². The molecule has 2 aromatic carbocycles. The second-order valence-corrected chi connectivity index (χ2v) is 5.88. The van der Waals surface area contributed by atoms with Gasteiger partial charge in [0.1, 0.15) is 0 Å².